The van der Waals surface area contributed by atoms with Gasteiger partial charge in [0.15, 0.2) is 5.16 Å². The first kappa shape index (κ1) is 19.9. The first-order chi connectivity index (χ1) is 14.5. The number of allylic oxidation sites excluding steroid dienone is 1. The van der Waals surface area contributed by atoms with Gasteiger partial charge in [0.05, 0.1) is 16.2 Å². The molecule has 152 valence electrons. The summed E-state index contributed by atoms with van der Waals surface area (Å²) in [5.41, 5.74) is 1.39. The van der Waals surface area contributed by atoms with Gasteiger partial charge in [-0.15, -0.1) is 16.8 Å². The number of hydrogen-bond acceptors (Lipinski definition) is 5. The summed E-state index contributed by atoms with van der Waals surface area (Å²) in [6.07, 6.45) is 1.65. The maximum Gasteiger partial charge on any atom is 0.263 e. The molecule has 2 aromatic heterocycles. The normalized spacial score (nSPS) is 12.2. The lowest BCUT2D eigenvalue weighted by atomic mass is 10.2. The Labute approximate surface area is 177 Å². The number of aromatic nitrogens is 4. The van der Waals surface area contributed by atoms with Crippen LogP contribution in [0.2, 0.25) is 0 Å². The van der Waals surface area contributed by atoms with E-state index in [-0.39, 0.29) is 11.5 Å². The molecule has 1 atom stereocenters. The smallest absolute Gasteiger partial charge is 0.263 e. The molecule has 30 heavy (non-hydrogen) atoms. The van der Waals surface area contributed by atoms with Crippen LogP contribution in [0.1, 0.15) is 6.92 Å². The molecule has 7 nitrogen and oxygen atoms in total. The van der Waals surface area contributed by atoms with Gasteiger partial charge in [0.25, 0.3) is 5.56 Å². The van der Waals surface area contributed by atoms with E-state index in [0.29, 0.717) is 28.4 Å². The highest BCUT2D eigenvalue weighted by molar-refractivity contribution is 8.00. The third kappa shape index (κ3) is 3.39. The number of nitrogens with zero attached hydrogens (tertiary/aromatic N) is 5. The van der Waals surface area contributed by atoms with Gasteiger partial charge in [-0.05, 0) is 31.2 Å². The second kappa shape index (κ2) is 8.16. The second-order valence-electron chi connectivity index (χ2n) is 6.83. The summed E-state index contributed by atoms with van der Waals surface area (Å²) >= 11 is 1.32. The molecule has 4 rings (SSSR count). The summed E-state index contributed by atoms with van der Waals surface area (Å²) in [7, 11) is 1.76. The van der Waals surface area contributed by atoms with Crippen molar-refractivity contribution in [2.24, 2.45) is 0 Å². The van der Waals surface area contributed by atoms with Gasteiger partial charge in [-0.3, -0.25) is 18.6 Å². The lowest BCUT2D eigenvalue weighted by Crippen LogP contribution is -2.33. The molecule has 0 saturated heterocycles. The minimum absolute atomic E-state index is 0.0494. The van der Waals surface area contributed by atoms with Crippen LogP contribution in [0.5, 0.6) is 0 Å². The van der Waals surface area contributed by atoms with Gasteiger partial charge < -0.3 is 4.90 Å². The number of carbonyl (C=O) groups is 1. The van der Waals surface area contributed by atoms with E-state index in [2.05, 4.69) is 16.8 Å². The largest absolute Gasteiger partial charge is 0.315 e. The van der Waals surface area contributed by atoms with Gasteiger partial charge in [0.2, 0.25) is 11.7 Å². The van der Waals surface area contributed by atoms with Gasteiger partial charge in [-0.1, -0.05) is 48.2 Å². The zero-order valence-electron chi connectivity index (χ0n) is 16.7. The maximum absolute atomic E-state index is 13.0. The Hall–Kier alpha value is -3.39. The van der Waals surface area contributed by atoms with Crippen molar-refractivity contribution >= 4 is 40.0 Å². The molecule has 4 aromatic rings. The predicted octanol–water partition coefficient (Wildman–Crippen LogP) is 3.37. The molecule has 0 radical (unpaired) electrons. The Balaban J connectivity index is 1.76. The fourth-order valence-corrected chi connectivity index (χ4v) is 4.31. The average Bonchev–Trinajstić information content (AvgIpc) is 3.19. The minimum Gasteiger partial charge on any atom is -0.315 e. The van der Waals surface area contributed by atoms with Gasteiger partial charge in [-0.25, -0.2) is 0 Å². The molecule has 1 unspecified atom stereocenters. The van der Waals surface area contributed by atoms with E-state index in [1.165, 1.54) is 16.3 Å². The molecule has 8 heteroatoms. The molecule has 0 saturated carbocycles. The van der Waals surface area contributed by atoms with Crippen molar-refractivity contribution in [2.45, 2.75) is 23.9 Å². The van der Waals surface area contributed by atoms with Crippen molar-refractivity contribution in [2.75, 3.05) is 11.9 Å². The molecule has 1 amide bonds. The van der Waals surface area contributed by atoms with E-state index < -0.39 is 5.25 Å². The molecule has 0 fully saturated rings. The van der Waals surface area contributed by atoms with E-state index in [1.807, 2.05) is 59.9 Å². The summed E-state index contributed by atoms with van der Waals surface area (Å²) in [4.78, 5) is 27.5. The number of thioether (sulfide) groups is 1. The number of carbonyl (C=O) groups excluding carboxylic acids is 1. The number of benzene rings is 2. The van der Waals surface area contributed by atoms with Gasteiger partial charge in [0, 0.05) is 19.3 Å². The van der Waals surface area contributed by atoms with Crippen molar-refractivity contribution in [3.05, 3.63) is 77.6 Å². The van der Waals surface area contributed by atoms with E-state index >= 15 is 0 Å². The number of fused-ring (bicyclic) bond motifs is 3. The van der Waals surface area contributed by atoms with Gasteiger partial charge in [0.1, 0.15) is 0 Å². The van der Waals surface area contributed by atoms with E-state index in [9.17, 15) is 9.59 Å². The predicted molar refractivity (Wildman–Crippen MR) is 120 cm³/mol. The summed E-state index contributed by atoms with van der Waals surface area (Å²) in [6, 6.07) is 16.8. The third-order valence-electron chi connectivity index (χ3n) is 4.89. The molecule has 2 heterocycles. The Morgan fingerprint density at radius 1 is 1.17 bits per heavy atom. The van der Waals surface area contributed by atoms with E-state index in [4.69, 9.17) is 0 Å². The first-order valence-electron chi connectivity index (χ1n) is 9.49. The summed E-state index contributed by atoms with van der Waals surface area (Å²) in [5, 5.41) is 9.26. The number of rotatable bonds is 6. The fraction of sp³-hybridized carbons (Fsp3) is 0.182. The van der Waals surface area contributed by atoms with Gasteiger partial charge in [-0.2, -0.15) is 0 Å². The minimum atomic E-state index is -0.402. The van der Waals surface area contributed by atoms with Crippen molar-refractivity contribution in [1.82, 2.24) is 19.2 Å². The van der Waals surface area contributed by atoms with Crippen LogP contribution in [-0.4, -0.2) is 37.4 Å². The van der Waals surface area contributed by atoms with Gasteiger partial charge >= 0.3 is 0 Å². The maximum atomic E-state index is 13.0. The number of amides is 1. The topological polar surface area (TPSA) is 72.5 Å². The lowest BCUT2D eigenvalue weighted by Gasteiger charge is -2.20. The number of para-hydroxylation sites is 2. The molecule has 0 N–H and O–H groups in total. The van der Waals surface area contributed by atoms with Crippen LogP contribution in [0, 0.1) is 0 Å². The first-order valence-corrected chi connectivity index (χ1v) is 10.4. The summed E-state index contributed by atoms with van der Waals surface area (Å²) in [6.45, 7) is 5.90. The summed E-state index contributed by atoms with van der Waals surface area (Å²) < 4.78 is 3.37. The lowest BCUT2D eigenvalue weighted by molar-refractivity contribution is -0.117. The van der Waals surface area contributed by atoms with Crippen molar-refractivity contribution in [3.63, 3.8) is 0 Å². The zero-order chi connectivity index (χ0) is 21.3. The van der Waals surface area contributed by atoms with Crippen molar-refractivity contribution in [3.8, 4) is 0 Å². The molecule has 0 aliphatic carbocycles. The monoisotopic (exact) mass is 419 g/mol. The standard InChI is InChI=1S/C22H21N5O2S/c1-4-14-26-20(29)17-12-8-9-13-18(17)27-21(26)23-24-22(27)30-15(2)19(28)25(3)16-10-6-5-7-11-16/h4-13,15H,1,14H2,2-3H3. The van der Waals surface area contributed by atoms with Crippen LogP contribution >= 0.6 is 11.8 Å². The molecule has 0 bridgehead atoms. The molecule has 0 spiro atoms. The highest BCUT2D eigenvalue weighted by Gasteiger charge is 2.24. The van der Waals surface area contributed by atoms with Crippen LogP contribution in [0.4, 0.5) is 5.69 Å². The van der Waals surface area contributed by atoms with Crippen LogP contribution in [0.3, 0.4) is 0 Å². The van der Waals surface area contributed by atoms with E-state index in [0.717, 1.165) is 5.69 Å². The van der Waals surface area contributed by atoms with Crippen LogP contribution < -0.4 is 10.5 Å². The quantitative estimate of drug-likeness (QED) is 0.354. The number of hydrogen-bond donors (Lipinski definition) is 0. The molecule has 0 aliphatic heterocycles. The average molecular weight is 420 g/mol. The number of anilines is 1. The highest BCUT2D eigenvalue weighted by Crippen LogP contribution is 2.27. The second-order valence-corrected chi connectivity index (χ2v) is 8.14. The Morgan fingerprint density at radius 2 is 1.87 bits per heavy atom. The Morgan fingerprint density at radius 3 is 2.60 bits per heavy atom. The zero-order valence-corrected chi connectivity index (χ0v) is 17.5. The highest BCUT2D eigenvalue weighted by atomic mass is 32.2. The van der Waals surface area contributed by atoms with Crippen LogP contribution in [-0.2, 0) is 11.3 Å². The molecule has 0 aliphatic rings. The van der Waals surface area contributed by atoms with E-state index in [1.54, 1.807) is 24.1 Å². The molecule has 2 aromatic carbocycles. The summed E-state index contributed by atoms with van der Waals surface area (Å²) in [5.74, 6) is 0.379. The van der Waals surface area contributed by atoms with Crippen LogP contribution in [0.15, 0.2) is 77.2 Å². The third-order valence-corrected chi connectivity index (χ3v) is 5.92. The Kier molecular flexibility index (Phi) is 5.41. The Bertz CT molecular complexity index is 1300. The van der Waals surface area contributed by atoms with Crippen molar-refractivity contribution in [1.29, 1.82) is 0 Å². The van der Waals surface area contributed by atoms with Crippen LogP contribution in [0.25, 0.3) is 16.7 Å². The van der Waals surface area contributed by atoms with Crippen molar-refractivity contribution < 1.29 is 4.79 Å². The molecular formula is C22H21N5O2S. The molecular weight excluding hydrogens is 398 g/mol. The SMILES string of the molecule is C=CCn1c(=O)c2ccccc2n2c(SC(C)C(=O)N(C)c3ccccc3)nnc12. The fourth-order valence-electron chi connectivity index (χ4n) is 3.36.